The second kappa shape index (κ2) is 3.76. The van der Waals surface area contributed by atoms with Crippen LogP contribution in [0.5, 0.6) is 0 Å². The van der Waals surface area contributed by atoms with Crippen molar-refractivity contribution in [2.24, 2.45) is 13.0 Å². The Labute approximate surface area is 90.8 Å². The maximum atomic E-state index is 6.04. The van der Waals surface area contributed by atoms with Gasteiger partial charge >= 0.3 is 0 Å². The number of nitrogen functional groups attached to an aromatic ring is 1. The Kier molecular flexibility index (Phi) is 2.59. The summed E-state index contributed by atoms with van der Waals surface area (Å²) in [4.78, 5) is 0. The smallest absolute Gasteiger partial charge is 0.147 e. The van der Waals surface area contributed by atoms with E-state index in [-0.39, 0.29) is 0 Å². The molecule has 1 fully saturated rings. The van der Waals surface area contributed by atoms with Gasteiger partial charge in [-0.25, -0.2) is 0 Å². The molecular formula is C11H20N4. The van der Waals surface area contributed by atoms with Gasteiger partial charge in [-0.3, -0.25) is 4.68 Å². The largest absolute Gasteiger partial charge is 0.394 e. The van der Waals surface area contributed by atoms with Crippen LogP contribution in [-0.4, -0.2) is 15.8 Å². The number of anilines is 2. The lowest BCUT2D eigenvalue weighted by Crippen LogP contribution is -2.20. The maximum Gasteiger partial charge on any atom is 0.147 e. The molecule has 4 heteroatoms. The summed E-state index contributed by atoms with van der Waals surface area (Å²) in [5.74, 6) is 1.80. The Hall–Kier alpha value is -1.19. The van der Waals surface area contributed by atoms with Crippen molar-refractivity contribution < 1.29 is 0 Å². The van der Waals surface area contributed by atoms with E-state index in [4.69, 9.17) is 5.73 Å². The highest BCUT2D eigenvalue weighted by Gasteiger charge is 2.29. The van der Waals surface area contributed by atoms with Crippen LogP contribution in [0.25, 0.3) is 0 Å². The van der Waals surface area contributed by atoms with Gasteiger partial charge < -0.3 is 11.1 Å². The van der Waals surface area contributed by atoms with Crippen LogP contribution in [0, 0.1) is 5.92 Å². The fourth-order valence-electron chi connectivity index (χ4n) is 1.96. The fraction of sp³-hybridized carbons (Fsp3) is 0.727. The van der Waals surface area contributed by atoms with Crippen molar-refractivity contribution in [1.82, 2.24) is 9.78 Å². The van der Waals surface area contributed by atoms with E-state index in [2.05, 4.69) is 24.3 Å². The third-order valence-corrected chi connectivity index (χ3v) is 3.19. The summed E-state index contributed by atoms with van der Waals surface area (Å²) in [6.45, 7) is 4.29. The average molecular weight is 208 g/mol. The molecule has 0 aromatic carbocycles. The van der Waals surface area contributed by atoms with Crippen LogP contribution in [-0.2, 0) is 13.5 Å². The van der Waals surface area contributed by atoms with Gasteiger partial charge in [0.05, 0.1) is 11.4 Å². The van der Waals surface area contributed by atoms with E-state index in [9.17, 15) is 0 Å². The van der Waals surface area contributed by atoms with Crippen LogP contribution in [0.4, 0.5) is 11.5 Å². The molecule has 2 rings (SSSR count). The summed E-state index contributed by atoms with van der Waals surface area (Å²) in [5.41, 5.74) is 7.84. The Morgan fingerprint density at radius 1 is 1.60 bits per heavy atom. The number of nitrogens with one attached hydrogen (secondary N) is 1. The number of hydrogen-bond acceptors (Lipinski definition) is 3. The first kappa shape index (κ1) is 10.3. The monoisotopic (exact) mass is 208 g/mol. The highest BCUT2D eigenvalue weighted by molar-refractivity contribution is 5.65. The molecule has 0 radical (unpaired) electrons. The zero-order chi connectivity index (χ0) is 11.0. The third-order valence-electron chi connectivity index (χ3n) is 3.19. The number of hydrogen-bond donors (Lipinski definition) is 2. The topological polar surface area (TPSA) is 55.9 Å². The predicted molar refractivity (Wildman–Crippen MR) is 62.8 cm³/mol. The third kappa shape index (κ3) is 1.94. The van der Waals surface area contributed by atoms with E-state index < -0.39 is 0 Å². The van der Waals surface area contributed by atoms with Gasteiger partial charge in [0, 0.05) is 13.1 Å². The lowest BCUT2D eigenvalue weighted by molar-refractivity contribution is 0.670. The van der Waals surface area contributed by atoms with Crippen LogP contribution in [0.3, 0.4) is 0 Å². The van der Waals surface area contributed by atoms with Crippen molar-refractivity contribution in [2.45, 2.75) is 39.2 Å². The molecule has 84 valence electrons. The predicted octanol–water partition coefficient (Wildman–Crippen LogP) is 1.78. The minimum atomic E-state index is 0.507. The normalized spacial score (nSPS) is 17.8. The Balaban J connectivity index is 2.15. The molecule has 1 heterocycles. The van der Waals surface area contributed by atoms with E-state index in [1.54, 1.807) is 0 Å². The summed E-state index contributed by atoms with van der Waals surface area (Å²) in [6, 6.07) is 0.507. The van der Waals surface area contributed by atoms with Gasteiger partial charge in [-0.1, -0.05) is 6.92 Å². The van der Waals surface area contributed by atoms with Crippen LogP contribution in [0.15, 0.2) is 0 Å². The first-order valence-corrected chi connectivity index (χ1v) is 5.71. The van der Waals surface area contributed by atoms with Crippen molar-refractivity contribution in [3.63, 3.8) is 0 Å². The first-order valence-electron chi connectivity index (χ1n) is 5.71. The van der Waals surface area contributed by atoms with Crippen molar-refractivity contribution in [3.8, 4) is 0 Å². The SMILES string of the molecule is CCc1nn(C)c(NC(C)C2CC2)c1N. The Morgan fingerprint density at radius 3 is 2.73 bits per heavy atom. The van der Waals surface area contributed by atoms with E-state index in [0.29, 0.717) is 6.04 Å². The maximum absolute atomic E-state index is 6.04. The second-order valence-electron chi connectivity index (χ2n) is 4.46. The van der Waals surface area contributed by atoms with Gasteiger partial charge in [0.15, 0.2) is 0 Å². The zero-order valence-electron chi connectivity index (χ0n) is 9.75. The van der Waals surface area contributed by atoms with Gasteiger partial charge in [0.25, 0.3) is 0 Å². The molecule has 1 aliphatic rings. The average Bonchev–Trinajstić information content (AvgIpc) is 3.00. The van der Waals surface area contributed by atoms with E-state index in [1.807, 2.05) is 11.7 Å². The summed E-state index contributed by atoms with van der Waals surface area (Å²) in [7, 11) is 1.94. The summed E-state index contributed by atoms with van der Waals surface area (Å²) < 4.78 is 1.85. The first-order chi connectivity index (χ1) is 7.13. The molecule has 1 aliphatic carbocycles. The number of nitrogens with zero attached hydrogens (tertiary/aromatic N) is 2. The van der Waals surface area contributed by atoms with E-state index in [1.165, 1.54) is 12.8 Å². The molecule has 1 atom stereocenters. The standard InChI is InChI=1S/C11H20N4/c1-4-9-10(12)11(15(3)14-9)13-7(2)8-5-6-8/h7-8,13H,4-6,12H2,1-3H3. The second-order valence-corrected chi connectivity index (χ2v) is 4.46. The number of rotatable bonds is 4. The summed E-state index contributed by atoms with van der Waals surface area (Å²) >= 11 is 0. The molecule has 0 bridgehead atoms. The van der Waals surface area contributed by atoms with Gasteiger partial charge in [0.1, 0.15) is 5.82 Å². The van der Waals surface area contributed by atoms with E-state index >= 15 is 0 Å². The lowest BCUT2D eigenvalue weighted by atomic mass is 10.2. The number of aromatic nitrogens is 2. The van der Waals surface area contributed by atoms with Crippen molar-refractivity contribution in [2.75, 3.05) is 11.1 Å². The molecule has 1 unspecified atom stereocenters. The van der Waals surface area contributed by atoms with Crippen molar-refractivity contribution in [3.05, 3.63) is 5.69 Å². The Bertz CT molecular complexity index is 352. The molecule has 0 amide bonds. The molecule has 1 aromatic rings. The lowest BCUT2D eigenvalue weighted by Gasteiger charge is -2.14. The highest BCUT2D eigenvalue weighted by atomic mass is 15.3. The molecule has 1 saturated carbocycles. The van der Waals surface area contributed by atoms with Crippen molar-refractivity contribution >= 4 is 11.5 Å². The fourth-order valence-corrected chi connectivity index (χ4v) is 1.96. The molecule has 4 nitrogen and oxygen atoms in total. The van der Waals surface area contributed by atoms with Gasteiger partial charge in [0.2, 0.25) is 0 Å². The molecular weight excluding hydrogens is 188 g/mol. The summed E-state index contributed by atoms with van der Waals surface area (Å²) in [6.07, 6.45) is 3.57. The van der Waals surface area contributed by atoms with Crippen LogP contribution in [0.2, 0.25) is 0 Å². The quantitative estimate of drug-likeness (QED) is 0.793. The van der Waals surface area contributed by atoms with Crippen molar-refractivity contribution in [1.29, 1.82) is 0 Å². The van der Waals surface area contributed by atoms with Gasteiger partial charge in [-0.2, -0.15) is 5.10 Å². The Morgan fingerprint density at radius 2 is 2.27 bits per heavy atom. The molecule has 1 aromatic heterocycles. The van der Waals surface area contributed by atoms with Crippen LogP contribution >= 0.6 is 0 Å². The molecule has 15 heavy (non-hydrogen) atoms. The molecule has 0 aliphatic heterocycles. The van der Waals surface area contributed by atoms with Gasteiger partial charge in [-0.05, 0) is 32.1 Å². The zero-order valence-corrected chi connectivity index (χ0v) is 9.75. The number of aryl methyl sites for hydroxylation is 2. The van der Waals surface area contributed by atoms with Crippen LogP contribution in [0.1, 0.15) is 32.4 Å². The van der Waals surface area contributed by atoms with E-state index in [0.717, 1.165) is 29.5 Å². The molecule has 0 spiro atoms. The molecule has 3 N–H and O–H groups in total. The minimum absolute atomic E-state index is 0.507. The van der Waals surface area contributed by atoms with Gasteiger partial charge in [-0.15, -0.1) is 0 Å². The number of nitrogens with two attached hydrogens (primary N) is 1. The van der Waals surface area contributed by atoms with Crippen LogP contribution < -0.4 is 11.1 Å². The highest BCUT2D eigenvalue weighted by Crippen LogP contribution is 2.35. The minimum Gasteiger partial charge on any atom is -0.394 e. The summed E-state index contributed by atoms with van der Waals surface area (Å²) in [5, 5.41) is 7.86. The molecule has 0 saturated heterocycles.